The maximum atomic E-state index is 12.0. The molecule has 0 bridgehead atoms. The number of hydrogen-bond acceptors (Lipinski definition) is 4. The average molecular weight is 246 g/mol. The van der Waals surface area contributed by atoms with Crippen LogP contribution in [0.4, 0.5) is 0 Å². The highest BCUT2D eigenvalue weighted by Crippen LogP contribution is 2.25. The van der Waals surface area contributed by atoms with E-state index in [1.807, 2.05) is 6.07 Å². The van der Waals surface area contributed by atoms with Crippen molar-refractivity contribution in [3.05, 3.63) is 30.1 Å². The van der Waals surface area contributed by atoms with Gasteiger partial charge in [0.05, 0.1) is 18.3 Å². The van der Waals surface area contributed by atoms with Crippen molar-refractivity contribution in [2.45, 2.75) is 12.1 Å². The van der Waals surface area contributed by atoms with Crippen LogP contribution in [0.3, 0.4) is 0 Å². The van der Waals surface area contributed by atoms with Gasteiger partial charge in [-0.05, 0) is 12.1 Å². The van der Waals surface area contributed by atoms with Gasteiger partial charge in [0.25, 0.3) is 0 Å². The predicted octanol–water partition coefficient (Wildman–Crippen LogP) is -0.947. The quantitative estimate of drug-likeness (QED) is 0.670. The highest BCUT2D eigenvalue weighted by Gasteiger charge is 2.42. The number of rotatable bonds is 1. The molecule has 6 heteroatoms. The Labute approximate surface area is 104 Å². The van der Waals surface area contributed by atoms with Gasteiger partial charge >= 0.3 is 0 Å². The first-order chi connectivity index (χ1) is 8.77. The molecule has 1 aromatic rings. The van der Waals surface area contributed by atoms with Crippen molar-refractivity contribution >= 4 is 11.8 Å². The highest BCUT2D eigenvalue weighted by atomic mass is 16.2. The van der Waals surface area contributed by atoms with Crippen molar-refractivity contribution in [1.82, 2.24) is 20.5 Å². The van der Waals surface area contributed by atoms with Crippen LogP contribution in [0.5, 0.6) is 0 Å². The molecule has 2 fully saturated rings. The van der Waals surface area contributed by atoms with Crippen LogP contribution in [-0.2, 0) is 9.59 Å². The first-order valence-corrected chi connectivity index (χ1v) is 5.98. The minimum atomic E-state index is -0.598. The second-order valence-corrected chi connectivity index (χ2v) is 4.49. The van der Waals surface area contributed by atoms with E-state index in [9.17, 15) is 9.59 Å². The monoisotopic (exact) mass is 246 g/mol. The van der Waals surface area contributed by atoms with Gasteiger partial charge < -0.3 is 15.5 Å². The van der Waals surface area contributed by atoms with Crippen LogP contribution >= 0.6 is 0 Å². The molecule has 2 unspecified atom stereocenters. The van der Waals surface area contributed by atoms with Gasteiger partial charge in [-0.2, -0.15) is 0 Å². The van der Waals surface area contributed by atoms with E-state index in [4.69, 9.17) is 0 Å². The van der Waals surface area contributed by atoms with Crippen LogP contribution in [-0.4, -0.2) is 47.4 Å². The Morgan fingerprint density at radius 3 is 2.94 bits per heavy atom. The fourth-order valence-electron chi connectivity index (χ4n) is 2.52. The number of fused-ring (bicyclic) bond motifs is 1. The van der Waals surface area contributed by atoms with Gasteiger partial charge in [0.2, 0.25) is 11.8 Å². The number of hydrogen-bond donors (Lipinski definition) is 2. The second kappa shape index (κ2) is 4.38. The molecule has 2 N–H and O–H groups in total. The number of pyridine rings is 1. The van der Waals surface area contributed by atoms with E-state index in [1.54, 1.807) is 23.2 Å². The molecule has 0 saturated carbocycles. The lowest BCUT2D eigenvalue weighted by Crippen LogP contribution is -2.65. The SMILES string of the molecule is O=C1NCC2CNCC(=O)N2C1c1ccccn1. The standard InChI is InChI=1S/C12H14N4O2/c17-10-7-13-5-8-6-15-12(18)11(16(8)10)9-3-1-2-4-14-9/h1-4,8,11,13H,5-7H2,(H,15,18). The molecule has 6 nitrogen and oxygen atoms in total. The van der Waals surface area contributed by atoms with E-state index in [-0.39, 0.29) is 24.4 Å². The normalized spacial score (nSPS) is 27.7. The third kappa shape index (κ3) is 1.74. The Balaban J connectivity index is 1.98. The number of nitrogens with zero attached hydrogens (tertiary/aromatic N) is 2. The molecule has 2 aliphatic heterocycles. The maximum absolute atomic E-state index is 12.0. The summed E-state index contributed by atoms with van der Waals surface area (Å²) in [6, 6.07) is 4.81. The fraction of sp³-hybridized carbons (Fsp3) is 0.417. The Morgan fingerprint density at radius 1 is 1.28 bits per heavy atom. The first kappa shape index (κ1) is 11.2. The molecule has 18 heavy (non-hydrogen) atoms. The lowest BCUT2D eigenvalue weighted by atomic mass is 10.0. The Bertz CT molecular complexity index is 476. The first-order valence-electron chi connectivity index (χ1n) is 5.98. The van der Waals surface area contributed by atoms with Gasteiger partial charge in [-0.15, -0.1) is 0 Å². The topological polar surface area (TPSA) is 74.3 Å². The molecule has 1 aromatic heterocycles. The van der Waals surface area contributed by atoms with Crippen LogP contribution in [0.15, 0.2) is 24.4 Å². The molecular formula is C12H14N4O2. The van der Waals surface area contributed by atoms with Crippen LogP contribution in [0.2, 0.25) is 0 Å². The fourth-order valence-corrected chi connectivity index (χ4v) is 2.52. The van der Waals surface area contributed by atoms with Gasteiger partial charge in [0.15, 0.2) is 6.04 Å². The highest BCUT2D eigenvalue weighted by molar-refractivity contribution is 5.91. The molecule has 3 rings (SSSR count). The lowest BCUT2D eigenvalue weighted by Gasteiger charge is -2.44. The van der Waals surface area contributed by atoms with Crippen LogP contribution in [0.1, 0.15) is 11.7 Å². The Kier molecular flexibility index (Phi) is 2.71. The molecule has 94 valence electrons. The minimum Gasteiger partial charge on any atom is -0.352 e. The summed E-state index contributed by atoms with van der Waals surface area (Å²) in [5.74, 6) is -0.197. The predicted molar refractivity (Wildman–Crippen MR) is 63.5 cm³/mol. The van der Waals surface area contributed by atoms with Gasteiger partial charge in [0, 0.05) is 19.3 Å². The van der Waals surface area contributed by atoms with Crippen LogP contribution in [0, 0.1) is 0 Å². The average Bonchev–Trinajstić information content (AvgIpc) is 2.40. The number of carbonyl (C=O) groups is 2. The summed E-state index contributed by atoms with van der Waals surface area (Å²) < 4.78 is 0. The van der Waals surface area contributed by atoms with E-state index in [1.165, 1.54) is 0 Å². The molecule has 0 aromatic carbocycles. The minimum absolute atomic E-state index is 0.0101. The second-order valence-electron chi connectivity index (χ2n) is 4.49. The van der Waals surface area contributed by atoms with Gasteiger partial charge in [-0.1, -0.05) is 6.07 Å². The smallest absolute Gasteiger partial charge is 0.249 e. The van der Waals surface area contributed by atoms with Crippen molar-refractivity contribution in [1.29, 1.82) is 0 Å². The van der Waals surface area contributed by atoms with Crippen molar-refractivity contribution < 1.29 is 9.59 Å². The van der Waals surface area contributed by atoms with Gasteiger partial charge in [-0.3, -0.25) is 14.6 Å². The summed E-state index contributed by atoms with van der Waals surface area (Å²) in [6.45, 7) is 1.49. The molecule has 0 spiro atoms. The zero-order valence-electron chi connectivity index (χ0n) is 9.80. The third-order valence-electron chi connectivity index (χ3n) is 3.34. The number of nitrogens with one attached hydrogen (secondary N) is 2. The summed E-state index contributed by atoms with van der Waals surface area (Å²) in [6.07, 6.45) is 1.64. The Morgan fingerprint density at radius 2 is 2.17 bits per heavy atom. The van der Waals surface area contributed by atoms with Gasteiger partial charge in [0.1, 0.15) is 0 Å². The molecule has 3 heterocycles. The number of amides is 2. The van der Waals surface area contributed by atoms with E-state index < -0.39 is 6.04 Å². The summed E-state index contributed by atoms with van der Waals surface area (Å²) in [4.78, 5) is 29.9. The zero-order valence-corrected chi connectivity index (χ0v) is 9.80. The maximum Gasteiger partial charge on any atom is 0.249 e. The van der Waals surface area contributed by atoms with Crippen molar-refractivity contribution in [3.8, 4) is 0 Å². The van der Waals surface area contributed by atoms with Crippen molar-refractivity contribution in [2.24, 2.45) is 0 Å². The molecule has 0 aliphatic carbocycles. The molecule has 2 saturated heterocycles. The summed E-state index contributed by atoms with van der Waals surface area (Å²) in [5.41, 5.74) is 0.620. The van der Waals surface area contributed by atoms with E-state index in [2.05, 4.69) is 15.6 Å². The van der Waals surface area contributed by atoms with E-state index >= 15 is 0 Å². The molecule has 2 atom stereocenters. The van der Waals surface area contributed by atoms with Crippen molar-refractivity contribution in [2.75, 3.05) is 19.6 Å². The van der Waals surface area contributed by atoms with Gasteiger partial charge in [-0.25, -0.2) is 0 Å². The number of aromatic nitrogens is 1. The largest absolute Gasteiger partial charge is 0.352 e. The third-order valence-corrected chi connectivity index (χ3v) is 3.34. The lowest BCUT2D eigenvalue weighted by molar-refractivity contribution is -0.149. The van der Waals surface area contributed by atoms with Crippen molar-refractivity contribution in [3.63, 3.8) is 0 Å². The summed E-state index contributed by atoms with van der Waals surface area (Å²) in [5, 5.41) is 5.90. The van der Waals surface area contributed by atoms with Crippen LogP contribution < -0.4 is 10.6 Å². The molecule has 2 aliphatic rings. The van der Waals surface area contributed by atoms with Crippen LogP contribution in [0.25, 0.3) is 0 Å². The summed E-state index contributed by atoms with van der Waals surface area (Å²) >= 11 is 0. The number of piperazine rings is 2. The number of carbonyl (C=O) groups excluding carboxylic acids is 2. The Hall–Kier alpha value is -1.95. The molecule has 0 radical (unpaired) electrons. The zero-order chi connectivity index (χ0) is 12.5. The summed E-state index contributed by atoms with van der Waals surface area (Å²) in [7, 11) is 0. The molecular weight excluding hydrogens is 232 g/mol. The van der Waals surface area contributed by atoms with E-state index in [0.717, 1.165) is 0 Å². The molecule has 2 amide bonds. The van der Waals surface area contributed by atoms with E-state index in [0.29, 0.717) is 18.8 Å².